The van der Waals surface area contributed by atoms with Gasteiger partial charge in [-0.05, 0) is 42.2 Å². The molecular formula is C23H19N5O2. The summed E-state index contributed by atoms with van der Waals surface area (Å²) in [5.74, 6) is -0.0304. The second-order valence-corrected chi connectivity index (χ2v) is 7.44. The van der Waals surface area contributed by atoms with Gasteiger partial charge in [-0.15, -0.1) is 0 Å². The first-order valence-electron chi connectivity index (χ1n) is 9.77. The number of aryl methyl sites for hydroxylation is 2. The van der Waals surface area contributed by atoms with Crippen LogP contribution in [0.1, 0.15) is 39.6 Å². The third-order valence-electron chi connectivity index (χ3n) is 5.54. The van der Waals surface area contributed by atoms with E-state index < -0.39 is 0 Å². The molecule has 0 radical (unpaired) electrons. The Morgan fingerprint density at radius 1 is 1.07 bits per heavy atom. The molecule has 1 aliphatic carbocycles. The van der Waals surface area contributed by atoms with Gasteiger partial charge in [0.1, 0.15) is 11.5 Å². The predicted molar refractivity (Wildman–Crippen MR) is 112 cm³/mol. The van der Waals surface area contributed by atoms with Gasteiger partial charge in [-0.2, -0.15) is 0 Å². The van der Waals surface area contributed by atoms with Crippen molar-refractivity contribution < 1.29 is 9.59 Å². The van der Waals surface area contributed by atoms with E-state index in [1.165, 1.54) is 11.8 Å². The maximum Gasteiger partial charge on any atom is 0.233 e. The smallest absolute Gasteiger partial charge is 0.233 e. The fourth-order valence-corrected chi connectivity index (χ4v) is 3.93. The first-order chi connectivity index (χ1) is 14.6. The minimum absolute atomic E-state index is 0.0796. The molecule has 1 aromatic carbocycles. The Morgan fingerprint density at radius 2 is 1.93 bits per heavy atom. The summed E-state index contributed by atoms with van der Waals surface area (Å²) in [7, 11) is 1.87. The summed E-state index contributed by atoms with van der Waals surface area (Å²) < 4.78 is 1.84. The van der Waals surface area contributed by atoms with Gasteiger partial charge in [-0.1, -0.05) is 24.3 Å². The van der Waals surface area contributed by atoms with Gasteiger partial charge in [0.05, 0.1) is 5.92 Å². The molecule has 0 fully saturated rings. The van der Waals surface area contributed by atoms with Crippen molar-refractivity contribution in [2.45, 2.75) is 18.8 Å². The van der Waals surface area contributed by atoms with Crippen LogP contribution in [0.15, 0.2) is 61.1 Å². The highest BCUT2D eigenvalue weighted by Gasteiger charge is 2.28. The lowest BCUT2D eigenvalue weighted by Gasteiger charge is -2.12. The summed E-state index contributed by atoms with van der Waals surface area (Å²) in [4.78, 5) is 38.2. The Kier molecular flexibility index (Phi) is 4.35. The van der Waals surface area contributed by atoms with Gasteiger partial charge >= 0.3 is 0 Å². The van der Waals surface area contributed by atoms with Gasteiger partial charge in [0.25, 0.3) is 0 Å². The summed E-state index contributed by atoms with van der Waals surface area (Å²) in [5.41, 5.74) is 3.37. The molecule has 1 N–H and O–H groups in total. The number of nitrogens with zero attached hydrogens (tertiary/aromatic N) is 4. The molecule has 3 aromatic heterocycles. The Labute approximate surface area is 172 Å². The number of hydrogen-bond acceptors (Lipinski definition) is 5. The van der Waals surface area contributed by atoms with Crippen molar-refractivity contribution in [3.63, 3.8) is 0 Å². The van der Waals surface area contributed by atoms with Crippen LogP contribution in [0.3, 0.4) is 0 Å². The molecule has 0 spiro atoms. The van der Waals surface area contributed by atoms with E-state index in [1.807, 2.05) is 42.1 Å². The fourth-order valence-electron chi connectivity index (χ4n) is 3.93. The summed E-state index contributed by atoms with van der Waals surface area (Å²) in [6.45, 7) is 0. The van der Waals surface area contributed by atoms with E-state index in [1.54, 1.807) is 18.3 Å². The maximum atomic E-state index is 12.7. The van der Waals surface area contributed by atoms with E-state index >= 15 is 0 Å². The predicted octanol–water partition coefficient (Wildman–Crippen LogP) is 3.26. The number of aromatic nitrogens is 4. The first kappa shape index (κ1) is 18.2. The van der Waals surface area contributed by atoms with E-state index in [2.05, 4.69) is 26.3 Å². The van der Waals surface area contributed by atoms with Crippen molar-refractivity contribution in [1.82, 2.24) is 19.5 Å². The Morgan fingerprint density at radius 3 is 2.77 bits per heavy atom. The lowest BCUT2D eigenvalue weighted by molar-refractivity contribution is -0.117. The lowest BCUT2D eigenvalue weighted by atomic mass is 10.0. The minimum atomic E-state index is -0.312. The molecule has 3 heterocycles. The van der Waals surface area contributed by atoms with Crippen LogP contribution in [0.5, 0.6) is 0 Å². The Balaban J connectivity index is 1.32. The van der Waals surface area contributed by atoms with E-state index in [0.717, 1.165) is 23.8 Å². The second-order valence-electron chi connectivity index (χ2n) is 7.44. The van der Waals surface area contributed by atoms with Crippen LogP contribution in [-0.4, -0.2) is 31.2 Å². The number of amides is 1. The van der Waals surface area contributed by atoms with Crippen molar-refractivity contribution >= 4 is 28.5 Å². The van der Waals surface area contributed by atoms with Crippen molar-refractivity contribution in [3.8, 4) is 0 Å². The molecule has 30 heavy (non-hydrogen) atoms. The molecule has 1 amide bonds. The highest BCUT2D eigenvalue weighted by atomic mass is 16.2. The van der Waals surface area contributed by atoms with Crippen molar-refractivity contribution in [3.05, 3.63) is 83.6 Å². The van der Waals surface area contributed by atoms with Gasteiger partial charge in [0, 0.05) is 36.6 Å². The Bertz CT molecular complexity index is 1280. The Hall–Kier alpha value is -3.87. The molecule has 0 bridgehead atoms. The number of carbonyl (C=O) groups is 2. The van der Waals surface area contributed by atoms with Crippen LogP contribution in [-0.2, 0) is 18.3 Å². The van der Waals surface area contributed by atoms with E-state index in [0.29, 0.717) is 17.0 Å². The normalized spacial score (nSPS) is 15.2. The SMILES string of the molecule is Cn1ccc2cnc(C(=O)c3ccc(NC(=O)C4CCc5ccccc54)nc3)nc21. The summed E-state index contributed by atoms with van der Waals surface area (Å²) in [6, 6.07) is 13.2. The van der Waals surface area contributed by atoms with Crippen LogP contribution in [0.4, 0.5) is 5.82 Å². The molecular weight excluding hydrogens is 378 g/mol. The molecule has 7 nitrogen and oxygen atoms in total. The maximum absolute atomic E-state index is 12.7. The van der Waals surface area contributed by atoms with Gasteiger partial charge in [0.2, 0.25) is 17.5 Å². The first-order valence-corrected chi connectivity index (χ1v) is 9.77. The van der Waals surface area contributed by atoms with Gasteiger partial charge < -0.3 is 9.88 Å². The average molecular weight is 397 g/mol. The zero-order chi connectivity index (χ0) is 20.7. The molecule has 1 atom stereocenters. The average Bonchev–Trinajstić information content (AvgIpc) is 3.37. The van der Waals surface area contributed by atoms with Gasteiger partial charge in [-0.3, -0.25) is 9.59 Å². The van der Waals surface area contributed by atoms with Crippen LogP contribution in [0.25, 0.3) is 11.0 Å². The number of benzene rings is 1. The zero-order valence-corrected chi connectivity index (χ0v) is 16.4. The van der Waals surface area contributed by atoms with Crippen molar-refractivity contribution in [2.75, 3.05) is 5.32 Å². The van der Waals surface area contributed by atoms with Crippen LogP contribution >= 0.6 is 0 Å². The number of carbonyl (C=O) groups excluding carboxylic acids is 2. The number of rotatable bonds is 4. The zero-order valence-electron chi connectivity index (χ0n) is 16.4. The molecule has 0 aliphatic heterocycles. The van der Waals surface area contributed by atoms with Gasteiger partial charge in [0.15, 0.2) is 0 Å². The molecule has 1 aliphatic rings. The highest BCUT2D eigenvalue weighted by molar-refractivity contribution is 6.07. The van der Waals surface area contributed by atoms with Crippen LogP contribution in [0.2, 0.25) is 0 Å². The fraction of sp³-hybridized carbons (Fsp3) is 0.174. The second kappa shape index (κ2) is 7.18. The highest BCUT2D eigenvalue weighted by Crippen LogP contribution is 2.33. The standard InChI is InChI=1S/C23H19N5O2/c1-28-11-10-16-13-25-21(27-22(16)28)20(29)15-7-9-19(24-12-15)26-23(30)18-8-6-14-4-2-3-5-17(14)18/h2-5,7,9-13,18H,6,8H2,1H3,(H,24,26,30). The third kappa shape index (κ3) is 3.14. The van der Waals surface area contributed by atoms with E-state index in [-0.39, 0.29) is 23.4 Å². The topological polar surface area (TPSA) is 89.8 Å². The van der Waals surface area contributed by atoms with Crippen molar-refractivity contribution in [2.24, 2.45) is 7.05 Å². The number of ketones is 1. The lowest BCUT2D eigenvalue weighted by Crippen LogP contribution is -2.20. The van der Waals surface area contributed by atoms with Crippen LogP contribution in [0, 0.1) is 0 Å². The number of hydrogen-bond donors (Lipinski definition) is 1. The third-order valence-corrected chi connectivity index (χ3v) is 5.54. The molecule has 0 saturated heterocycles. The summed E-state index contributed by atoms with van der Waals surface area (Å²) >= 11 is 0. The summed E-state index contributed by atoms with van der Waals surface area (Å²) in [5, 5.41) is 3.74. The molecule has 148 valence electrons. The van der Waals surface area contributed by atoms with E-state index in [4.69, 9.17) is 0 Å². The molecule has 5 rings (SSSR count). The molecule has 1 unspecified atom stereocenters. The minimum Gasteiger partial charge on any atom is -0.335 e. The van der Waals surface area contributed by atoms with Gasteiger partial charge in [-0.25, -0.2) is 15.0 Å². The number of pyridine rings is 1. The van der Waals surface area contributed by atoms with Crippen LogP contribution < -0.4 is 5.32 Å². The number of anilines is 1. The monoisotopic (exact) mass is 397 g/mol. The molecule has 0 saturated carbocycles. The largest absolute Gasteiger partial charge is 0.335 e. The molecule has 7 heteroatoms. The number of fused-ring (bicyclic) bond motifs is 2. The molecule has 4 aromatic rings. The van der Waals surface area contributed by atoms with Crippen molar-refractivity contribution in [1.29, 1.82) is 0 Å². The summed E-state index contributed by atoms with van der Waals surface area (Å²) in [6.07, 6.45) is 6.65. The number of nitrogens with one attached hydrogen (secondary N) is 1. The van der Waals surface area contributed by atoms with E-state index in [9.17, 15) is 9.59 Å². The quantitative estimate of drug-likeness (QED) is 0.534.